The summed E-state index contributed by atoms with van der Waals surface area (Å²) in [6.45, 7) is 0.273. The molecule has 2 bridgehead atoms. The topological polar surface area (TPSA) is 97.0 Å². The molecule has 1 spiro atoms. The van der Waals surface area contributed by atoms with Gasteiger partial charge in [0.05, 0.1) is 25.0 Å². The summed E-state index contributed by atoms with van der Waals surface area (Å²) in [5.41, 5.74) is 0.359. The van der Waals surface area contributed by atoms with Gasteiger partial charge in [0.1, 0.15) is 17.4 Å². The first kappa shape index (κ1) is 24.7. The van der Waals surface area contributed by atoms with E-state index in [9.17, 15) is 14.4 Å². The zero-order chi connectivity index (χ0) is 26.3. The van der Waals surface area contributed by atoms with E-state index in [-0.39, 0.29) is 30.3 Å². The minimum Gasteiger partial charge on any atom is -0.497 e. The molecule has 4 aliphatic rings. The fourth-order valence-electron chi connectivity index (χ4n) is 6.64. The average Bonchev–Trinajstić information content (AvgIpc) is 3.58. The molecule has 8 heteroatoms. The molecule has 0 aromatic heterocycles. The van der Waals surface area contributed by atoms with Crippen LogP contribution in [0.25, 0.3) is 0 Å². The molecule has 3 fully saturated rings. The Morgan fingerprint density at radius 1 is 1.03 bits per heavy atom. The predicted octanol–water partition coefficient (Wildman–Crippen LogP) is 3.43. The maximum atomic E-state index is 14.1. The van der Waals surface area contributed by atoms with Crippen LogP contribution in [0.3, 0.4) is 0 Å². The quantitative estimate of drug-likeness (QED) is 0.551. The van der Waals surface area contributed by atoms with E-state index in [0.29, 0.717) is 11.4 Å². The zero-order valence-electron chi connectivity index (χ0n) is 21.5. The number of benzene rings is 2. The first-order valence-electron chi connectivity index (χ1n) is 13.5. The molecule has 2 N–H and O–H groups in total. The SMILES string of the molecule is COc1ccc(NC(=O)C2[C@@H]3C=CC4(O3)C(C(=O)NC3CCCCC3)N(Cc3ccccc3)C(=O)[C@H]24)cc1. The van der Waals surface area contributed by atoms with Gasteiger partial charge in [0.2, 0.25) is 17.7 Å². The maximum absolute atomic E-state index is 14.1. The molecular formula is C30H33N3O5. The molecule has 198 valence electrons. The Morgan fingerprint density at radius 3 is 2.47 bits per heavy atom. The molecule has 6 rings (SSSR count). The van der Waals surface area contributed by atoms with Crippen LogP contribution in [0.15, 0.2) is 66.7 Å². The van der Waals surface area contributed by atoms with E-state index in [1.54, 1.807) is 36.3 Å². The van der Waals surface area contributed by atoms with Crippen LogP contribution in [0, 0.1) is 11.8 Å². The van der Waals surface area contributed by atoms with Crippen molar-refractivity contribution >= 4 is 23.4 Å². The Kier molecular flexibility index (Phi) is 6.43. The smallest absolute Gasteiger partial charge is 0.246 e. The number of rotatable bonds is 7. The number of fused-ring (bicyclic) bond motifs is 1. The maximum Gasteiger partial charge on any atom is 0.246 e. The number of ether oxygens (including phenoxy) is 2. The highest BCUT2D eigenvalue weighted by molar-refractivity contribution is 6.02. The molecule has 3 unspecified atom stereocenters. The van der Waals surface area contributed by atoms with Crippen molar-refractivity contribution in [3.05, 3.63) is 72.3 Å². The molecule has 2 saturated heterocycles. The summed E-state index contributed by atoms with van der Waals surface area (Å²) in [4.78, 5) is 43.1. The van der Waals surface area contributed by atoms with Crippen molar-refractivity contribution in [2.45, 2.75) is 62.4 Å². The second kappa shape index (κ2) is 9.91. The average molecular weight is 516 g/mol. The lowest BCUT2D eigenvalue weighted by molar-refractivity contribution is -0.142. The number of likely N-dealkylation sites (tertiary alicyclic amines) is 1. The summed E-state index contributed by atoms with van der Waals surface area (Å²) in [5, 5.41) is 6.17. The van der Waals surface area contributed by atoms with Crippen LogP contribution >= 0.6 is 0 Å². The van der Waals surface area contributed by atoms with Crippen LogP contribution in [0.2, 0.25) is 0 Å². The molecule has 38 heavy (non-hydrogen) atoms. The molecule has 3 amide bonds. The molecule has 1 aliphatic carbocycles. The summed E-state index contributed by atoms with van der Waals surface area (Å²) in [6.07, 6.45) is 8.36. The third kappa shape index (κ3) is 4.17. The van der Waals surface area contributed by atoms with E-state index in [1.165, 1.54) is 6.42 Å². The summed E-state index contributed by atoms with van der Waals surface area (Å²) < 4.78 is 11.6. The highest BCUT2D eigenvalue weighted by Crippen LogP contribution is 2.55. The van der Waals surface area contributed by atoms with Gasteiger partial charge in [-0.15, -0.1) is 0 Å². The first-order valence-corrected chi connectivity index (χ1v) is 13.5. The first-order chi connectivity index (χ1) is 18.5. The van der Waals surface area contributed by atoms with Gasteiger partial charge in [-0.25, -0.2) is 0 Å². The van der Waals surface area contributed by atoms with Crippen LogP contribution in [0.5, 0.6) is 5.75 Å². The van der Waals surface area contributed by atoms with Gasteiger partial charge in [0, 0.05) is 18.3 Å². The van der Waals surface area contributed by atoms with Crippen LogP contribution < -0.4 is 15.4 Å². The number of anilines is 1. The number of carbonyl (C=O) groups excluding carboxylic acids is 3. The third-order valence-electron chi connectivity index (χ3n) is 8.43. The van der Waals surface area contributed by atoms with Crippen molar-refractivity contribution in [3.8, 4) is 5.75 Å². The molecule has 2 aromatic rings. The second-order valence-corrected chi connectivity index (χ2v) is 10.7. The third-order valence-corrected chi connectivity index (χ3v) is 8.43. The van der Waals surface area contributed by atoms with Gasteiger partial charge in [0.15, 0.2) is 0 Å². The lowest BCUT2D eigenvalue weighted by Gasteiger charge is -2.34. The van der Waals surface area contributed by atoms with Crippen LogP contribution in [-0.4, -0.2) is 53.5 Å². The lowest BCUT2D eigenvalue weighted by atomic mass is 9.74. The van der Waals surface area contributed by atoms with E-state index < -0.39 is 29.6 Å². The van der Waals surface area contributed by atoms with Gasteiger partial charge >= 0.3 is 0 Å². The Morgan fingerprint density at radius 2 is 1.76 bits per heavy atom. The molecular weight excluding hydrogens is 482 g/mol. The molecule has 8 nitrogen and oxygen atoms in total. The van der Waals surface area contributed by atoms with E-state index in [0.717, 1.165) is 31.2 Å². The Labute approximate surface area is 222 Å². The van der Waals surface area contributed by atoms with Crippen LogP contribution in [0.4, 0.5) is 5.69 Å². The highest BCUT2D eigenvalue weighted by Gasteiger charge is 2.72. The van der Waals surface area contributed by atoms with Gasteiger partial charge in [-0.05, 0) is 42.7 Å². The fraction of sp³-hybridized carbons (Fsp3) is 0.433. The summed E-state index contributed by atoms with van der Waals surface area (Å²) in [6, 6.07) is 15.9. The van der Waals surface area contributed by atoms with E-state index in [4.69, 9.17) is 9.47 Å². The standard InChI is InChI=1S/C30H33N3O5/c1-37-22-14-12-21(13-15-22)31-27(34)24-23-16-17-30(38-23)25(24)29(36)33(18-19-8-4-2-5-9-19)26(30)28(35)32-20-10-6-3-7-11-20/h2,4-5,8-9,12-17,20,23-26H,3,6-7,10-11,18H2,1H3,(H,31,34)(H,32,35)/t23-,24?,25-,26?,30?/m0/s1. The Balaban J connectivity index is 1.30. The number of carbonyl (C=O) groups is 3. The Bertz CT molecular complexity index is 1240. The minimum atomic E-state index is -1.17. The lowest BCUT2D eigenvalue weighted by Crippen LogP contribution is -2.56. The van der Waals surface area contributed by atoms with Gasteiger partial charge in [-0.1, -0.05) is 61.7 Å². The number of hydrogen-bond acceptors (Lipinski definition) is 5. The number of hydrogen-bond donors (Lipinski definition) is 2. The summed E-state index contributed by atoms with van der Waals surface area (Å²) in [5.74, 6) is -1.55. The van der Waals surface area contributed by atoms with Crippen molar-refractivity contribution in [2.75, 3.05) is 12.4 Å². The summed E-state index contributed by atoms with van der Waals surface area (Å²) >= 11 is 0. The van der Waals surface area contributed by atoms with E-state index in [1.807, 2.05) is 42.5 Å². The predicted molar refractivity (Wildman–Crippen MR) is 141 cm³/mol. The Hall–Kier alpha value is -3.65. The van der Waals surface area contributed by atoms with Crippen molar-refractivity contribution in [3.63, 3.8) is 0 Å². The van der Waals surface area contributed by atoms with Gasteiger partial charge in [-0.3, -0.25) is 14.4 Å². The fourth-order valence-corrected chi connectivity index (χ4v) is 6.64. The van der Waals surface area contributed by atoms with E-state index in [2.05, 4.69) is 10.6 Å². The van der Waals surface area contributed by atoms with Gasteiger partial charge in [-0.2, -0.15) is 0 Å². The molecule has 3 aliphatic heterocycles. The normalized spacial score (nSPS) is 29.8. The molecule has 3 heterocycles. The summed E-state index contributed by atoms with van der Waals surface area (Å²) in [7, 11) is 1.58. The molecule has 0 radical (unpaired) electrons. The number of methoxy groups -OCH3 is 1. The number of nitrogens with zero attached hydrogens (tertiary/aromatic N) is 1. The molecule has 2 aromatic carbocycles. The van der Waals surface area contributed by atoms with E-state index >= 15 is 0 Å². The van der Waals surface area contributed by atoms with Crippen molar-refractivity contribution < 1.29 is 23.9 Å². The number of amides is 3. The van der Waals surface area contributed by atoms with Crippen molar-refractivity contribution in [1.82, 2.24) is 10.2 Å². The highest BCUT2D eigenvalue weighted by atomic mass is 16.5. The molecule has 5 atom stereocenters. The van der Waals surface area contributed by atoms with Crippen LogP contribution in [-0.2, 0) is 25.7 Å². The van der Waals surface area contributed by atoms with Crippen molar-refractivity contribution in [1.29, 1.82) is 0 Å². The van der Waals surface area contributed by atoms with Gasteiger partial charge in [0.25, 0.3) is 0 Å². The largest absolute Gasteiger partial charge is 0.497 e. The van der Waals surface area contributed by atoms with Crippen LogP contribution in [0.1, 0.15) is 37.7 Å². The minimum absolute atomic E-state index is 0.0946. The number of nitrogens with one attached hydrogen (secondary N) is 2. The zero-order valence-corrected chi connectivity index (χ0v) is 21.5. The molecule has 1 saturated carbocycles. The monoisotopic (exact) mass is 515 g/mol. The van der Waals surface area contributed by atoms with Gasteiger partial charge < -0.3 is 25.0 Å². The van der Waals surface area contributed by atoms with Crippen molar-refractivity contribution in [2.24, 2.45) is 11.8 Å². The second-order valence-electron chi connectivity index (χ2n) is 10.7.